The molecule has 0 aromatic carbocycles. The number of carbonyl (C=O) groups excluding carboxylic acids is 1. The van der Waals surface area contributed by atoms with Crippen molar-refractivity contribution in [3.8, 4) is 0 Å². The number of carbonyl (C=O) groups is 1. The van der Waals surface area contributed by atoms with Crippen LogP contribution in [0.3, 0.4) is 0 Å². The Kier molecular flexibility index (Phi) is 4.22. The lowest BCUT2D eigenvalue weighted by molar-refractivity contribution is 0.0906. The average Bonchev–Trinajstić information content (AvgIpc) is 2.85. The fourth-order valence-corrected chi connectivity index (χ4v) is 2.66. The first kappa shape index (κ1) is 15.4. The summed E-state index contributed by atoms with van der Waals surface area (Å²) < 4.78 is 0. The van der Waals surface area contributed by atoms with Gasteiger partial charge in [0.2, 0.25) is 5.95 Å². The first-order chi connectivity index (χ1) is 9.81. The van der Waals surface area contributed by atoms with E-state index in [0.717, 1.165) is 15.6 Å². The number of thiazole rings is 1. The maximum atomic E-state index is 12.4. The molecule has 6 nitrogen and oxygen atoms in total. The van der Waals surface area contributed by atoms with Crippen LogP contribution in [0.5, 0.6) is 0 Å². The molecule has 0 unspecified atom stereocenters. The molecule has 0 radical (unpaired) electrons. The average molecular weight is 305 g/mol. The molecule has 2 N–H and O–H groups in total. The first-order valence-corrected chi connectivity index (χ1v) is 7.42. The van der Waals surface area contributed by atoms with Crippen LogP contribution >= 0.6 is 11.3 Å². The second-order valence-corrected chi connectivity index (χ2v) is 6.56. The van der Waals surface area contributed by atoms with Gasteiger partial charge in [0.05, 0.1) is 5.54 Å². The number of anilines is 1. The van der Waals surface area contributed by atoms with Gasteiger partial charge in [-0.15, -0.1) is 11.3 Å². The van der Waals surface area contributed by atoms with E-state index < -0.39 is 5.54 Å². The Bertz CT molecular complexity index is 665. The van der Waals surface area contributed by atoms with Gasteiger partial charge in [-0.3, -0.25) is 4.79 Å². The summed E-state index contributed by atoms with van der Waals surface area (Å²) in [5.41, 5.74) is 0.532. The van der Waals surface area contributed by atoms with Gasteiger partial charge in [0.1, 0.15) is 10.7 Å². The molecule has 7 heteroatoms. The molecular formula is C14H19N5OS. The Labute approximate surface area is 128 Å². The SMILES string of the molecule is CNc1nc(C)cc(C(=O)NC(C)(C)c2ncc(C)s2)n1. The summed E-state index contributed by atoms with van der Waals surface area (Å²) >= 11 is 1.57. The number of nitrogens with one attached hydrogen (secondary N) is 2. The second-order valence-electron chi connectivity index (χ2n) is 5.32. The van der Waals surface area contributed by atoms with Crippen LogP contribution in [0.4, 0.5) is 5.95 Å². The van der Waals surface area contributed by atoms with Crippen LogP contribution < -0.4 is 10.6 Å². The zero-order valence-corrected chi connectivity index (χ0v) is 13.6. The highest BCUT2D eigenvalue weighted by molar-refractivity contribution is 7.11. The molecule has 0 bridgehead atoms. The van der Waals surface area contributed by atoms with Gasteiger partial charge in [0.25, 0.3) is 5.91 Å². The molecule has 0 aliphatic heterocycles. The molecule has 0 saturated carbocycles. The maximum absolute atomic E-state index is 12.4. The summed E-state index contributed by atoms with van der Waals surface area (Å²) in [5, 5.41) is 6.69. The summed E-state index contributed by atoms with van der Waals surface area (Å²) in [7, 11) is 1.72. The minimum Gasteiger partial charge on any atom is -0.357 e. The van der Waals surface area contributed by atoms with E-state index in [1.165, 1.54) is 0 Å². The summed E-state index contributed by atoms with van der Waals surface area (Å²) in [6, 6.07) is 1.67. The number of nitrogens with zero attached hydrogens (tertiary/aromatic N) is 3. The zero-order valence-electron chi connectivity index (χ0n) is 12.8. The Morgan fingerprint density at radius 3 is 2.57 bits per heavy atom. The van der Waals surface area contributed by atoms with E-state index in [9.17, 15) is 4.79 Å². The summed E-state index contributed by atoms with van der Waals surface area (Å²) in [6.45, 7) is 7.67. The van der Waals surface area contributed by atoms with Crippen molar-refractivity contribution in [2.45, 2.75) is 33.2 Å². The molecule has 2 aromatic heterocycles. The van der Waals surface area contributed by atoms with E-state index in [4.69, 9.17) is 0 Å². The van der Waals surface area contributed by atoms with Crippen LogP contribution in [0.15, 0.2) is 12.3 Å². The highest BCUT2D eigenvalue weighted by Crippen LogP contribution is 2.25. The van der Waals surface area contributed by atoms with Crippen molar-refractivity contribution >= 4 is 23.2 Å². The molecule has 0 aliphatic carbocycles. The van der Waals surface area contributed by atoms with E-state index in [2.05, 4.69) is 25.6 Å². The Balaban J connectivity index is 2.23. The van der Waals surface area contributed by atoms with Crippen molar-refractivity contribution in [3.05, 3.63) is 33.5 Å². The molecule has 0 aliphatic rings. The van der Waals surface area contributed by atoms with Crippen molar-refractivity contribution in [3.63, 3.8) is 0 Å². The van der Waals surface area contributed by atoms with Crippen LogP contribution in [0.1, 0.15) is 39.9 Å². The van der Waals surface area contributed by atoms with Gasteiger partial charge in [0, 0.05) is 23.8 Å². The van der Waals surface area contributed by atoms with Crippen molar-refractivity contribution in [1.82, 2.24) is 20.3 Å². The normalized spacial score (nSPS) is 11.3. The van der Waals surface area contributed by atoms with E-state index >= 15 is 0 Å². The molecule has 2 heterocycles. The predicted molar refractivity (Wildman–Crippen MR) is 83.7 cm³/mol. The van der Waals surface area contributed by atoms with Crippen LogP contribution in [0, 0.1) is 13.8 Å². The minimum absolute atomic E-state index is 0.241. The fourth-order valence-electron chi connectivity index (χ4n) is 1.84. The number of hydrogen-bond donors (Lipinski definition) is 2. The number of hydrogen-bond acceptors (Lipinski definition) is 6. The van der Waals surface area contributed by atoms with E-state index in [1.54, 1.807) is 24.5 Å². The standard InChI is InChI=1S/C14H19N5OS/c1-8-6-10(18-13(15-5)17-8)11(20)19-14(3,4)12-16-7-9(2)21-12/h6-7H,1-5H3,(H,19,20)(H,15,17,18). The third-order valence-electron chi connectivity index (χ3n) is 2.89. The highest BCUT2D eigenvalue weighted by atomic mass is 32.1. The molecule has 2 rings (SSSR count). The first-order valence-electron chi connectivity index (χ1n) is 6.60. The number of aryl methyl sites for hydroxylation is 2. The van der Waals surface area contributed by atoms with Crippen LogP contribution in [-0.2, 0) is 5.54 Å². The second kappa shape index (κ2) is 5.77. The lowest BCUT2D eigenvalue weighted by Gasteiger charge is -2.23. The number of aromatic nitrogens is 3. The molecule has 21 heavy (non-hydrogen) atoms. The summed E-state index contributed by atoms with van der Waals surface area (Å²) in [6.07, 6.45) is 1.81. The van der Waals surface area contributed by atoms with Crippen molar-refractivity contribution < 1.29 is 4.79 Å². The molecule has 1 amide bonds. The van der Waals surface area contributed by atoms with Gasteiger partial charge < -0.3 is 10.6 Å². The van der Waals surface area contributed by atoms with Gasteiger partial charge >= 0.3 is 0 Å². The molecule has 0 atom stereocenters. The largest absolute Gasteiger partial charge is 0.357 e. The molecule has 112 valence electrons. The van der Waals surface area contributed by atoms with Crippen molar-refractivity contribution in [2.24, 2.45) is 0 Å². The predicted octanol–water partition coefficient (Wildman–Crippen LogP) is 2.26. The van der Waals surface area contributed by atoms with Gasteiger partial charge in [0.15, 0.2) is 0 Å². The Morgan fingerprint density at radius 2 is 2.00 bits per heavy atom. The monoisotopic (exact) mass is 305 g/mol. The fraction of sp³-hybridized carbons (Fsp3) is 0.429. The van der Waals surface area contributed by atoms with Crippen LogP contribution in [0.2, 0.25) is 0 Å². The van der Waals surface area contributed by atoms with E-state index in [0.29, 0.717) is 11.6 Å². The third-order valence-corrected chi connectivity index (χ3v) is 4.13. The van der Waals surface area contributed by atoms with Gasteiger partial charge in [-0.2, -0.15) is 0 Å². The Morgan fingerprint density at radius 1 is 1.29 bits per heavy atom. The molecule has 0 saturated heterocycles. The van der Waals surface area contributed by atoms with Crippen LogP contribution in [0.25, 0.3) is 0 Å². The Hall–Kier alpha value is -2.02. The summed E-state index contributed by atoms with van der Waals surface area (Å²) in [4.78, 5) is 26.2. The number of amides is 1. The highest BCUT2D eigenvalue weighted by Gasteiger charge is 2.27. The lowest BCUT2D eigenvalue weighted by Crippen LogP contribution is -2.41. The van der Waals surface area contributed by atoms with Crippen molar-refractivity contribution in [1.29, 1.82) is 0 Å². The smallest absolute Gasteiger partial charge is 0.270 e. The third kappa shape index (κ3) is 3.55. The molecule has 0 fully saturated rings. The van der Waals surface area contributed by atoms with Gasteiger partial charge in [-0.1, -0.05) is 0 Å². The van der Waals surface area contributed by atoms with E-state index in [1.807, 2.05) is 33.9 Å². The molecular weight excluding hydrogens is 286 g/mol. The minimum atomic E-state index is -0.547. The quantitative estimate of drug-likeness (QED) is 0.905. The van der Waals surface area contributed by atoms with Gasteiger partial charge in [-0.05, 0) is 33.8 Å². The topological polar surface area (TPSA) is 79.8 Å². The zero-order chi connectivity index (χ0) is 15.6. The molecule has 0 spiro atoms. The lowest BCUT2D eigenvalue weighted by atomic mass is 10.1. The van der Waals surface area contributed by atoms with Gasteiger partial charge in [-0.25, -0.2) is 15.0 Å². The maximum Gasteiger partial charge on any atom is 0.270 e. The van der Waals surface area contributed by atoms with Crippen molar-refractivity contribution in [2.75, 3.05) is 12.4 Å². The van der Waals surface area contributed by atoms with Crippen LogP contribution in [-0.4, -0.2) is 27.9 Å². The van der Waals surface area contributed by atoms with E-state index in [-0.39, 0.29) is 5.91 Å². The summed E-state index contributed by atoms with van der Waals surface area (Å²) in [5.74, 6) is 0.193. The number of rotatable bonds is 4. The molecule has 2 aromatic rings.